The Labute approximate surface area is 166 Å². The Kier molecular flexibility index (Phi) is 7.41. The van der Waals surface area contributed by atoms with E-state index in [1.54, 1.807) is 36.4 Å². The third kappa shape index (κ3) is 7.06. The number of nitro benzene ring substituents is 1. The summed E-state index contributed by atoms with van der Waals surface area (Å²) in [6, 6.07) is 12.6. The molecule has 2 rings (SSSR count). The summed E-state index contributed by atoms with van der Waals surface area (Å²) in [5.74, 6) is -2.71. The van der Waals surface area contributed by atoms with Gasteiger partial charge in [0.15, 0.2) is 0 Å². The summed E-state index contributed by atoms with van der Waals surface area (Å²) in [6.07, 6.45) is -0.605. The van der Waals surface area contributed by atoms with Gasteiger partial charge >= 0.3 is 11.9 Å². The van der Waals surface area contributed by atoms with Gasteiger partial charge in [0.05, 0.1) is 17.8 Å². The summed E-state index contributed by atoms with van der Waals surface area (Å²) >= 11 is 0. The van der Waals surface area contributed by atoms with Crippen LogP contribution in [0.4, 0.5) is 5.69 Å². The average molecular weight is 400 g/mol. The van der Waals surface area contributed by atoms with Gasteiger partial charge in [-0.2, -0.15) is 0 Å². The quantitative estimate of drug-likeness (QED) is 0.410. The lowest BCUT2D eigenvalue weighted by atomic mass is 9.99. The number of rotatable bonds is 10. The summed E-state index contributed by atoms with van der Waals surface area (Å²) < 4.78 is 0. The topological polar surface area (TPSA) is 147 Å². The lowest BCUT2D eigenvalue weighted by molar-refractivity contribution is -0.384. The monoisotopic (exact) mass is 400 g/mol. The molecular formula is C20H20N2O7. The fourth-order valence-electron chi connectivity index (χ4n) is 2.82. The molecule has 0 aliphatic heterocycles. The van der Waals surface area contributed by atoms with Crippen LogP contribution in [0.15, 0.2) is 48.5 Å². The Balaban J connectivity index is 2.08. The molecule has 0 bridgehead atoms. The van der Waals surface area contributed by atoms with Crippen LogP contribution in [0, 0.1) is 10.1 Å². The first-order valence-corrected chi connectivity index (χ1v) is 8.81. The van der Waals surface area contributed by atoms with Crippen molar-refractivity contribution in [1.29, 1.82) is 0 Å². The number of carbonyl (C=O) groups is 3. The molecule has 3 N–H and O–H groups in total. The largest absolute Gasteiger partial charge is 0.481 e. The number of nitrogens with one attached hydrogen (secondary N) is 1. The number of amides is 1. The Bertz CT molecular complexity index is 909. The SMILES string of the molecule is O=C(O)CCC(=O)N[C@@H](CC(=O)O)Cc1ccc(-c2cccc([N+](=O)[O-])c2)cc1. The molecule has 2 aromatic carbocycles. The summed E-state index contributed by atoms with van der Waals surface area (Å²) in [7, 11) is 0. The van der Waals surface area contributed by atoms with Crippen LogP contribution in [-0.2, 0) is 20.8 Å². The molecule has 0 unspecified atom stereocenters. The maximum Gasteiger partial charge on any atom is 0.305 e. The number of carboxylic acids is 2. The zero-order valence-electron chi connectivity index (χ0n) is 15.4. The van der Waals surface area contributed by atoms with Gasteiger partial charge in [0.25, 0.3) is 5.69 Å². The van der Waals surface area contributed by atoms with Crippen LogP contribution in [0.2, 0.25) is 0 Å². The van der Waals surface area contributed by atoms with E-state index < -0.39 is 28.8 Å². The van der Waals surface area contributed by atoms with E-state index >= 15 is 0 Å². The molecule has 2 aromatic rings. The van der Waals surface area contributed by atoms with Gasteiger partial charge in [0.2, 0.25) is 5.91 Å². The van der Waals surface area contributed by atoms with Crippen molar-refractivity contribution in [2.75, 3.05) is 0 Å². The molecule has 0 aromatic heterocycles. The lowest BCUT2D eigenvalue weighted by Gasteiger charge is -2.17. The first-order chi connectivity index (χ1) is 13.7. The number of nitro groups is 1. The summed E-state index contributed by atoms with van der Waals surface area (Å²) in [4.78, 5) is 43.9. The van der Waals surface area contributed by atoms with E-state index in [1.165, 1.54) is 12.1 Å². The molecule has 0 aliphatic rings. The number of hydrogen-bond acceptors (Lipinski definition) is 5. The van der Waals surface area contributed by atoms with Crippen LogP contribution in [-0.4, -0.2) is 39.0 Å². The van der Waals surface area contributed by atoms with E-state index in [2.05, 4.69) is 5.32 Å². The second-order valence-corrected chi connectivity index (χ2v) is 6.46. The van der Waals surface area contributed by atoms with Crippen molar-refractivity contribution < 1.29 is 29.5 Å². The zero-order valence-corrected chi connectivity index (χ0v) is 15.4. The summed E-state index contributed by atoms with van der Waals surface area (Å²) in [5, 5.41) is 31.2. The minimum Gasteiger partial charge on any atom is -0.481 e. The first-order valence-electron chi connectivity index (χ1n) is 8.81. The zero-order chi connectivity index (χ0) is 21.4. The van der Waals surface area contributed by atoms with Crippen LogP contribution in [0.25, 0.3) is 11.1 Å². The number of non-ortho nitro benzene ring substituents is 1. The van der Waals surface area contributed by atoms with Gasteiger partial charge in [-0.1, -0.05) is 36.4 Å². The molecule has 1 atom stereocenters. The minimum absolute atomic E-state index is 0.0165. The number of carboxylic acid groups (broad SMARTS) is 2. The summed E-state index contributed by atoms with van der Waals surface area (Å²) in [6.45, 7) is 0. The second kappa shape index (κ2) is 9.98. The smallest absolute Gasteiger partial charge is 0.305 e. The average Bonchev–Trinajstić information content (AvgIpc) is 2.66. The van der Waals surface area contributed by atoms with E-state index in [9.17, 15) is 24.5 Å². The van der Waals surface area contributed by atoms with E-state index in [0.29, 0.717) is 5.56 Å². The van der Waals surface area contributed by atoms with Gasteiger partial charge in [-0.25, -0.2) is 0 Å². The highest BCUT2D eigenvalue weighted by molar-refractivity contribution is 5.81. The van der Waals surface area contributed by atoms with Crippen LogP contribution in [0.5, 0.6) is 0 Å². The predicted molar refractivity (Wildman–Crippen MR) is 103 cm³/mol. The van der Waals surface area contributed by atoms with Gasteiger partial charge in [0, 0.05) is 24.6 Å². The van der Waals surface area contributed by atoms with E-state index in [0.717, 1.165) is 11.1 Å². The minimum atomic E-state index is -1.10. The highest BCUT2D eigenvalue weighted by Gasteiger charge is 2.17. The highest BCUT2D eigenvalue weighted by atomic mass is 16.6. The second-order valence-electron chi connectivity index (χ2n) is 6.46. The number of aliphatic carboxylic acids is 2. The molecule has 0 saturated heterocycles. The van der Waals surface area contributed by atoms with Gasteiger partial charge < -0.3 is 15.5 Å². The third-order valence-corrected chi connectivity index (χ3v) is 4.18. The molecular weight excluding hydrogens is 380 g/mol. The molecule has 0 fully saturated rings. The van der Waals surface area contributed by atoms with Crippen LogP contribution in [0.1, 0.15) is 24.8 Å². The standard InChI is InChI=1S/C20H20N2O7/c23-18(8-9-19(24)25)21-16(12-20(26)27)10-13-4-6-14(7-5-13)15-2-1-3-17(11-15)22(28)29/h1-7,11,16H,8-10,12H2,(H,21,23)(H,24,25)(H,26,27)/t16-/m1/s1. The molecule has 29 heavy (non-hydrogen) atoms. The molecule has 0 aliphatic carbocycles. The molecule has 152 valence electrons. The van der Waals surface area contributed by atoms with Crippen LogP contribution >= 0.6 is 0 Å². The fraction of sp³-hybridized carbons (Fsp3) is 0.250. The normalized spacial score (nSPS) is 11.4. The van der Waals surface area contributed by atoms with E-state index in [1.807, 2.05) is 0 Å². The molecule has 9 heteroatoms. The van der Waals surface area contributed by atoms with Crippen molar-refractivity contribution in [3.05, 3.63) is 64.2 Å². The Morgan fingerprint density at radius 2 is 1.66 bits per heavy atom. The van der Waals surface area contributed by atoms with Crippen molar-refractivity contribution in [1.82, 2.24) is 5.32 Å². The van der Waals surface area contributed by atoms with E-state index in [4.69, 9.17) is 10.2 Å². The van der Waals surface area contributed by atoms with Gasteiger partial charge in [-0.15, -0.1) is 0 Å². The highest BCUT2D eigenvalue weighted by Crippen LogP contribution is 2.24. The van der Waals surface area contributed by atoms with Crippen LogP contribution in [0.3, 0.4) is 0 Å². The molecule has 0 radical (unpaired) electrons. The lowest BCUT2D eigenvalue weighted by Crippen LogP contribution is -2.38. The Morgan fingerprint density at radius 1 is 0.966 bits per heavy atom. The number of nitrogens with zero attached hydrogens (tertiary/aromatic N) is 1. The Hall–Kier alpha value is -3.75. The summed E-state index contributed by atoms with van der Waals surface area (Å²) in [5.41, 5.74) is 2.19. The maximum absolute atomic E-state index is 11.8. The van der Waals surface area contributed by atoms with Crippen molar-refractivity contribution in [3.8, 4) is 11.1 Å². The molecule has 1 amide bonds. The molecule has 9 nitrogen and oxygen atoms in total. The van der Waals surface area contributed by atoms with Crippen molar-refractivity contribution >= 4 is 23.5 Å². The van der Waals surface area contributed by atoms with Gasteiger partial charge in [0.1, 0.15) is 0 Å². The van der Waals surface area contributed by atoms with Crippen LogP contribution < -0.4 is 5.32 Å². The number of carbonyl (C=O) groups excluding carboxylic acids is 1. The molecule has 0 heterocycles. The maximum atomic E-state index is 11.8. The first kappa shape index (κ1) is 21.5. The number of benzene rings is 2. The van der Waals surface area contributed by atoms with Gasteiger partial charge in [-0.3, -0.25) is 24.5 Å². The van der Waals surface area contributed by atoms with Gasteiger partial charge in [-0.05, 0) is 23.1 Å². The molecule has 0 saturated carbocycles. The number of hydrogen-bond donors (Lipinski definition) is 3. The van der Waals surface area contributed by atoms with Crippen molar-refractivity contribution in [3.63, 3.8) is 0 Å². The molecule has 0 spiro atoms. The van der Waals surface area contributed by atoms with Crippen molar-refractivity contribution in [2.24, 2.45) is 0 Å². The van der Waals surface area contributed by atoms with Crippen molar-refractivity contribution in [2.45, 2.75) is 31.7 Å². The third-order valence-electron chi connectivity index (χ3n) is 4.18. The van der Waals surface area contributed by atoms with E-state index in [-0.39, 0.29) is 31.4 Å². The fourth-order valence-corrected chi connectivity index (χ4v) is 2.82. The Morgan fingerprint density at radius 3 is 2.24 bits per heavy atom. The predicted octanol–water partition coefficient (Wildman–Crippen LogP) is 2.63.